The average Bonchev–Trinajstić information content (AvgIpc) is 2.61. The number of carbonyl (C=O) groups is 1. The van der Waals surface area contributed by atoms with Gasteiger partial charge < -0.3 is 11.5 Å². The Kier molecular flexibility index (Phi) is 2.51. The molecule has 1 aromatic carbocycles. The molecule has 0 atom stereocenters. The Balaban J connectivity index is 2.64. The number of para-hydroxylation sites is 1. The molecule has 17 heavy (non-hydrogen) atoms. The molecule has 0 fully saturated rings. The van der Waals surface area contributed by atoms with Crippen molar-refractivity contribution in [2.24, 2.45) is 5.73 Å². The normalized spacial score (nSPS) is 10.5. The highest BCUT2D eigenvalue weighted by Crippen LogP contribution is 2.20. The van der Waals surface area contributed by atoms with Crippen LogP contribution in [0.15, 0.2) is 24.3 Å². The minimum absolute atomic E-state index is 0.0807. The molecule has 7 heteroatoms. The van der Waals surface area contributed by atoms with Gasteiger partial charge in [-0.1, -0.05) is 6.07 Å². The van der Waals surface area contributed by atoms with Crippen LogP contribution in [0.3, 0.4) is 0 Å². The van der Waals surface area contributed by atoms with E-state index in [-0.39, 0.29) is 11.5 Å². The minimum Gasteiger partial charge on any atom is -0.384 e. The Morgan fingerprint density at radius 3 is 2.35 bits per heavy atom. The first kappa shape index (κ1) is 11.1. The fraction of sp³-hybridized carbons (Fsp3) is 0. The molecule has 4 N–H and O–H groups in total. The molecule has 0 spiro atoms. The third-order valence-corrected chi connectivity index (χ3v) is 2.14. The van der Waals surface area contributed by atoms with Gasteiger partial charge in [0.15, 0.2) is 17.3 Å². The molecule has 0 aliphatic heterocycles. The number of nitrogens with two attached hydrogens (primary N) is 2. The maximum atomic E-state index is 13.5. The molecule has 0 bridgehead atoms. The van der Waals surface area contributed by atoms with Gasteiger partial charge in [0.1, 0.15) is 11.5 Å². The van der Waals surface area contributed by atoms with E-state index in [9.17, 15) is 13.6 Å². The fourth-order valence-corrected chi connectivity index (χ4v) is 1.39. The van der Waals surface area contributed by atoms with E-state index in [2.05, 4.69) is 5.10 Å². The quantitative estimate of drug-likeness (QED) is 0.812. The Morgan fingerprint density at radius 1 is 1.29 bits per heavy atom. The van der Waals surface area contributed by atoms with Gasteiger partial charge in [-0.3, -0.25) is 4.79 Å². The van der Waals surface area contributed by atoms with Gasteiger partial charge in [-0.25, -0.2) is 13.5 Å². The number of amides is 1. The third kappa shape index (κ3) is 1.82. The molecular formula is C10H8F2N4O. The second kappa shape index (κ2) is 3.85. The van der Waals surface area contributed by atoms with Gasteiger partial charge in [-0.15, -0.1) is 0 Å². The second-order valence-electron chi connectivity index (χ2n) is 3.30. The third-order valence-electron chi connectivity index (χ3n) is 2.14. The summed E-state index contributed by atoms with van der Waals surface area (Å²) in [6.45, 7) is 0. The maximum Gasteiger partial charge on any atom is 0.269 e. The molecule has 2 rings (SSSR count). The molecule has 0 aliphatic carbocycles. The second-order valence-corrected chi connectivity index (χ2v) is 3.30. The number of hydrogen-bond acceptors (Lipinski definition) is 3. The average molecular weight is 238 g/mol. The van der Waals surface area contributed by atoms with E-state index in [1.807, 2.05) is 0 Å². The largest absolute Gasteiger partial charge is 0.384 e. The van der Waals surface area contributed by atoms with Crippen LogP contribution in [0.5, 0.6) is 0 Å². The Morgan fingerprint density at radius 2 is 1.88 bits per heavy atom. The van der Waals surface area contributed by atoms with Crippen molar-refractivity contribution in [3.8, 4) is 5.69 Å². The van der Waals surface area contributed by atoms with Gasteiger partial charge in [0, 0.05) is 6.07 Å². The van der Waals surface area contributed by atoms with Gasteiger partial charge in [-0.05, 0) is 12.1 Å². The molecule has 0 saturated heterocycles. The van der Waals surface area contributed by atoms with Crippen LogP contribution in [0.2, 0.25) is 0 Å². The van der Waals surface area contributed by atoms with E-state index in [0.717, 1.165) is 22.9 Å². The van der Waals surface area contributed by atoms with E-state index in [4.69, 9.17) is 11.5 Å². The van der Waals surface area contributed by atoms with Crippen molar-refractivity contribution in [1.82, 2.24) is 9.78 Å². The standard InChI is InChI=1S/C10H8F2N4O/c11-5-2-1-3-6(12)9(5)16-8(13)4-7(15-16)10(14)17/h1-4H,13H2,(H2,14,17). The fourth-order valence-electron chi connectivity index (χ4n) is 1.39. The number of aromatic nitrogens is 2. The van der Waals surface area contributed by atoms with E-state index >= 15 is 0 Å². The summed E-state index contributed by atoms with van der Waals surface area (Å²) < 4.78 is 27.7. The topological polar surface area (TPSA) is 86.9 Å². The molecular weight excluding hydrogens is 230 g/mol. The van der Waals surface area contributed by atoms with Crippen molar-refractivity contribution in [2.45, 2.75) is 0 Å². The molecule has 0 unspecified atom stereocenters. The number of hydrogen-bond donors (Lipinski definition) is 2. The van der Waals surface area contributed by atoms with Crippen LogP contribution in [0.25, 0.3) is 5.69 Å². The number of nitrogen functional groups attached to an aromatic ring is 1. The molecule has 2 aromatic rings. The highest BCUT2D eigenvalue weighted by atomic mass is 19.1. The first-order valence-corrected chi connectivity index (χ1v) is 4.60. The van der Waals surface area contributed by atoms with Crippen LogP contribution < -0.4 is 11.5 Å². The molecule has 1 amide bonds. The summed E-state index contributed by atoms with van der Waals surface area (Å²) in [5.74, 6) is -2.58. The number of anilines is 1. The molecule has 5 nitrogen and oxygen atoms in total. The molecule has 0 radical (unpaired) electrons. The molecule has 1 aromatic heterocycles. The van der Waals surface area contributed by atoms with Gasteiger partial charge in [0.2, 0.25) is 0 Å². The van der Waals surface area contributed by atoms with Gasteiger partial charge in [-0.2, -0.15) is 5.10 Å². The summed E-state index contributed by atoms with van der Waals surface area (Å²) >= 11 is 0. The smallest absolute Gasteiger partial charge is 0.269 e. The lowest BCUT2D eigenvalue weighted by molar-refractivity contribution is 0.0995. The van der Waals surface area contributed by atoms with Crippen molar-refractivity contribution >= 4 is 11.7 Å². The van der Waals surface area contributed by atoms with E-state index in [0.29, 0.717) is 0 Å². The van der Waals surface area contributed by atoms with Crippen LogP contribution in [0.1, 0.15) is 10.5 Å². The predicted molar refractivity (Wildman–Crippen MR) is 56.4 cm³/mol. The molecule has 88 valence electrons. The summed E-state index contributed by atoms with van der Waals surface area (Å²) in [5.41, 5.74) is 9.89. The van der Waals surface area contributed by atoms with Crippen LogP contribution in [0.4, 0.5) is 14.6 Å². The number of primary amides is 1. The van der Waals surface area contributed by atoms with Crippen molar-refractivity contribution in [2.75, 3.05) is 5.73 Å². The minimum atomic E-state index is -0.837. The summed E-state index contributed by atoms with van der Waals surface area (Å²) in [5, 5.41) is 3.64. The highest BCUT2D eigenvalue weighted by Gasteiger charge is 2.17. The van der Waals surface area contributed by atoms with Crippen LogP contribution in [0, 0.1) is 11.6 Å². The number of halogens is 2. The summed E-state index contributed by atoms with van der Waals surface area (Å²) in [6, 6.07) is 4.48. The SMILES string of the molecule is NC(=O)c1cc(N)n(-c2c(F)cccc2F)n1. The summed E-state index contributed by atoms with van der Waals surface area (Å²) in [7, 11) is 0. The molecule has 1 heterocycles. The number of nitrogens with zero attached hydrogens (tertiary/aromatic N) is 2. The van der Waals surface area contributed by atoms with Crippen LogP contribution in [-0.4, -0.2) is 15.7 Å². The molecule has 0 aliphatic rings. The van der Waals surface area contributed by atoms with Crippen molar-refractivity contribution < 1.29 is 13.6 Å². The zero-order valence-corrected chi connectivity index (χ0v) is 8.52. The van der Waals surface area contributed by atoms with Gasteiger partial charge in [0.25, 0.3) is 5.91 Å². The predicted octanol–water partition coefficient (Wildman–Crippen LogP) is 0.832. The summed E-state index contributed by atoms with van der Waals surface area (Å²) in [4.78, 5) is 10.9. The number of carbonyl (C=O) groups excluding carboxylic acids is 1. The Labute approximate surface area is 94.6 Å². The lowest BCUT2D eigenvalue weighted by Crippen LogP contribution is -2.13. The van der Waals surface area contributed by atoms with Gasteiger partial charge in [0.05, 0.1) is 0 Å². The van der Waals surface area contributed by atoms with Crippen molar-refractivity contribution in [3.05, 3.63) is 41.6 Å². The van der Waals surface area contributed by atoms with Crippen LogP contribution >= 0.6 is 0 Å². The van der Waals surface area contributed by atoms with E-state index < -0.39 is 23.2 Å². The lowest BCUT2D eigenvalue weighted by atomic mass is 10.3. The zero-order chi connectivity index (χ0) is 12.6. The van der Waals surface area contributed by atoms with E-state index in [1.54, 1.807) is 0 Å². The van der Waals surface area contributed by atoms with Crippen molar-refractivity contribution in [1.29, 1.82) is 0 Å². The summed E-state index contributed by atoms with van der Waals surface area (Å²) in [6.07, 6.45) is 0. The van der Waals surface area contributed by atoms with E-state index in [1.165, 1.54) is 6.07 Å². The lowest BCUT2D eigenvalue weighted by Gasteiger charge is -2.06. The zero-order valence-electron chi connectivity index (χ0n) is 8.52. The van der Waals surface area contributed by atoms with Crippen LogP contribution in [-0.2, 0) is 0 Å². The monoisotopic (exact) mass is 238 g/mol. The maximum absolute atomic E-state index is 13.5. The first-order valence-electron chi connectivity index (χ1n) is 4.60. The molecule has 0 saturated carbocycles. The number of rotatable bonds is 2. The number of benzene rings is 1. The first-order chi connectivity index (χ1) is 8.00. The van der Waals surface area contributed by atoms with Crippen molar-refractivity contribution in [3.63, 3.8) is 0 Å². The Hall–Kier alpha value is -2.44. The van der Waals surface area contributed by atoms with Gasteiger partial charge >= 0.3 is 0 Å². The highest BCUT2D eigenvalue weighted by molar-refractivity contribution is 5.91. The Bertz CT molecular complexity index is 574.